The number of nitrogens with one attached hydrogen (secondary N) is 1. The van der Waals surface area contributed by atoms with Gasteiger partial charge in [-0.1, -0.05) is 18.2 Å². The standard InChI is InChI=1S/C20H19N3O5/c1-12(18(24)21-13-8-10-14(27-3)11-9-13)28-20(26)17-15-6-4-5-7-16(15)19(25)23(2)22-17/h4-12H,1-3H3,(H,21,24)/t12-/m1/s1. The van der Waals surface area contributed by atoms with Gasteiger partial charge in [-0.2, -0.15) is 5.10 Å². The van der Waals surface area contributed by atoms with Crippen LogP contribution in [0.1, 0.15) is 17.4 Å². The molecule has 0 saturated carbocycles. The summed E-state index contributed by atoms with van der Waals surface area (Å²) in [5.74, 6) is -0.623. The third kappa shape index (κ3) is 3.85. The molecule has 3 aromatic rings. The van der Waals surface area contributed by atoms with Crippen molar-refractivity contribution in [2.24, 2.45) is 7.05 Å². The Kier molecular flexibility index (Phi) is 5.39. The van der Waals surface area contributed by atoms with Gasteiger partial charge in [0.05, 0.1) is 12.5 Å². The number of methoxy groups -OCH3 is 1. The van der Waals surface area contributed by atoms with Gasteiger partial charge in [-0.15, -0.1) is 0 Å². The molecular weight excluding hydrogens is 362 g/mol. The topological polar surface area (TPSA) is 99.5 Å². The van der Waals surface area contributed by atoms with Crippen molar-refractivity contribution in [3.05, 3.63) is 64.6 Å². The minimum Gasteiger partial charge on any atom is -0.497 e. The first-order valence-corrected chi connectivity index (χ1v) is 8.52. The van der Waals surface area contributed by atoms with Gasteiger partial charge in [0.15, 0.2) is 11.8 Å². The number of carbonyl (C=O) groups excluding carboxylic acids is 2. The summed E-state index contributed by atoms with van der Waals surface area (Å²) in [6, 6.07) is 13.4. The predicted octanol–water partition coefficient (Wildman–Crippen LogP) is 2.13. The average molecular weight is 381 g/mol. The van der Waals surface area contributed by atoms with Crippen molar-refractivity contribution in [3.63, 3.8) is 0 Å². The van der Waals surface area contributed by atoms with Crippen LogP contribution in [0.5, 0.6) is 5.75 Å². The number of ether oxygens (including phenoxy) is 2. The smallest absolute Gasteiger partial charge is 0.360 e. The number of benzene rings is 2. The highest BCUT2D eigenvalue weighted by Gasteiger charge is 2.23. The molecule has 3 rings (SSSR count). The Bertz CT molecular complexity index is 1090. The van der Waals surface area contributed by atoms with Gasteiger partial charge in [-0.3, -0.25) is 9.59 Å². The van der Waals surface area contributed by atoms with Crippen LogP contribution >= 0.6 is 0 Å². The molecule has 0 saturated heterocycles. The minimum atomic E-state index is -1.06. The largest absolute Gasteiger partial charge is 0.497 e. The lowest BCUT2D eigenvalue weighted by molar-refractivity contribution is -0.123. The highest BCUT2D eigenvalue weighted by atomic mass is 16.5. The summed E-state index contributed by atoms with van der Waals surface area (Å²) in [6.07, 6.45) is -1.06. The molecule has 1 amide bonds. The Hall–Kier alpha value is -3.68. The molecule has 0 aliphatic carbocycles. The molecule has 0 radical (unpaired) electrons. The molecule has 8 nitrogen and oxygen atoms in total. The van der Waals surface area contributed by atoms with Crippen molar-refractivity contribution in [1.29, 1.82) is 0 Å². The molecule has 0 aliphatic rings. The lowest BCUT2D eigenvalue weighted by Gasteiger charge is -2.14. The average Bonchev–Trinajstić information content (AvgIpc) is 2.71. The predicted molar refractivity (Wildman–Crippen MR) is 103 cm³/mol. The molecule has 1 atom stereocenters. The lowest BCUT2D eigenvalue weighted by Crippen LogP contribution is -2.31. The Labute approximate surface area is 160 Å². The Balaban J connectivity index is 1.77. The molecule has 1 N–H and O–H groups in total. The van der Waals surface area contributed by atoms with Crippen LogP contribution < -0.4 is 15.6 Å². The zero-order chi connectivity index (χ0) is 20.3. The van der Waals surface area contributed by atoms with Gasteiger partial charge >= 0.3 is 5.97 Å². The van der Waals surface area contributed by atoms with E-state index in [4.69, 9.17) is 9.47 Å². The Morgan fingerprint density at radius 3 is 2.36 bits per heavy atom. The summed E-state index contributed by atoms with van der Waals surface area (Å²) in [7, 11) is 3.00. The Morgan fingerprint density at radius 1 is 1.07 bits per heavy atom. The number of amides is 1. The SMILES string of the molecule is COc1ccc(NC(=O)[C@@H](C)OC(=O)c2nn(C)c(=O)c3ccccc23)cc1. The van der Waals surface area contributed by atoms with Gasteiger partial charge < -0.3 is 14.8 Å². The third-order valence-corrected chi connectivity index (χ3v) is 4.16. The molecule has 1 aromatic heterocycles. The zero-order valence-corrected chi connectivity index (χ0v) is 15.6. The summed E-state index contributed by atoms with van der Waals surface area (Å²) in [5, 5.41) is 7.38. The second kappa shape index (κ2) is 7.91. The van der Waals surface area contributed by atoms with E-state index in [-0.39, 0.29) is 11.3 Å². The second-order valence-corrected chi connectivity index (χ2v) is 6.09. The fourth-order valence-corrected chi connectivity index (χ4v) is 2.64. The molecule has 0 spiro atoms. The van der Waals surface area contributed by atoms with Crippen molar-refractivity contribution >= 4 is 28.3 Å². The number of aryl methyl sites for hydroxylation is 1. The molecule has 0 unspecified atom stereocenters. The number of carbonyl (C=O) groups is 2. The normalized spacial score (nSPS) is 11.7. The van der Waals surface area contributed by atoms with Gasteiger partial charge in [0.25, 0.3) is 11.5 Å². The van der Waals surface area contributed by atoms with E-state index >= 15 is 0 Å². The van der Waals surface area contributed by atoms with Gasteiger partial charge in [0, 0.05) is 18.1 Å². The maximum atomic E-state index is 12.6. The van der Waals surface area contributed by atoms with Crippen LogP contribution in [0.3, 0.4) is 0 Å². The van der Waals surface area contributed by atoms with Crippen LogP contribution in [0.4, 0.5) is 5.69 Å². The van der Waals surface area contributed by atoms with Crippen molar-refractivity contribution < 1.29 is 19.1 Å². The van der Waals surface area contributed by atoms with Crippen LogP contribution in [0.2, 0.25) is 0 Å². The highest BCUT2D eigenvalue weighted by molar-refractivity contribution is 6.03. The number of hydrogen-bond acceptors (Lipinski definition) is 6. The summed E-state index contributed by atoms with van der Waals surface area (Å²) >= 11 is 0. The van der Waals surface area contributed by atoms with Crippen LogP contribution in [-0.4, -0.2) is 34.9 Å². The fraction of sp³-hybridized carbons (Fsp3) is 0.200. The summed E-state index contributed by atoms with van der Waals surface area (Å²) in [5.41, 5.74) is 0.193. The first kappa shape index (κ1) is 19.1. The van der Waals surface area contributed by atoms with Gasteiger partial charge in [-0.25, -0.2) is 9.48 Å². The molecule has 2 aromatic carbocycles. The highest BCUT2D eigenvalue weighted by Crippen LogP contribution is 2.17. The number of nitrogens with zero attached hydrogens (tertiary/aromatic N) is 2. The number of anilines is 1. The van der Waals surface area contributed by atoms with Gasteiger partial charge in [0.1, 0.15) is 5.75 Å². The number of fused-ring (bicyclic) bond motifs is 1. The quantitative estimate of drug-likeness (QED) is 0.680. The molecule has 144 valence electrons. The summed E-state index contributed by atoms with van der Waals surface area (Å²) in [4.78, 5) is 37.1. The van der Waals surface area contributed by atoms with E-state index in [1.807, 2.05) is 0 Å². The fourth-order valence-electron chi connectivity index (χ4n) is 2.64. The van der Waals surface area contributed by atoms with Crippen molar-refractivity contribution in [2.45, 2.75) is 13.0 Å². The van der Waals surface area contributed by atoms with E-state index in [2.05, 4.69) is 10.4 Å². The molecule has 0 aliphatic heterocycles. The van der Waals surface area contributed by atoms with E-state index in [0.717, 1.165) is 4.68 Å². The maximum Gasteiger partial charge on any atom is 0.360 e. The number of hydrogen-bond donors (Lipinski definition) is 1. The molecule has 1 heterocycles. The van der Waals surface area contributed by atoms with E-state index < -0.39 is 18.0 Å². The number of esters is 1. The lowest BCUT2D eigenvalue weighted by atomic mass is 10.1. The van der Waals surface area contributed by atoms with Crippen molar-refractivity contribution in [3.8, 4) is 5.75 Å². The monoisotopic (exact) mass is 381 g/mol. The van der Waals surface area contributed by atoms with Crippen LogP contribution in [-0.2, 0) is 16.6 Å². The zero-order valence-electron chi connectivity index (χ0n) is 15.6. The van der Waals surface area contributed by atoms with E-state index in [1.165, 1.54) is 14.0 Å². The number of rotatable bonds is 5. The number of aromatic nitrogens is 2. The second-order valence-electron chi connectivity index (χ2n) is 6.09. The molecular formula is C20H19N3O5. The van der Waals surface area contributed by atoms with Crippen molar-refractivity contribution in [1.82, 2.24) is 9.78 Å². The van der Waals surface area contributed by atoms with Crippen LogP contribution in [0.25, 0.3) is 10.8 Å². The Morgan fingerprint density at radius 2 is 1.71 bits per heavy atom. The first-order valence-electron chi connectivity index (χ1n) is 8.52. The van der Waals surface area contributed by atoms with Crippen molar-refractivity contribution in [2.75, 3.05) is 12.4 Å². The van der Waals surface area contributed by atoms with E-state index in [9.17, 15) is 14.4 Å². The molecule has 28 heavy (non-hydrogen) atoms. The minimum absolute atomic E-state index is 0.0261. The van der Waals surface area contributed by atoms with Crippen LogP contribution in [0, 0.1) is 0 Å². The summed E-state index contributed by atoms with van der Waals surface area (Å²) < 4.78 is 11.4. The summed E-state index contributed by atoms with van der Waals surface area (Å²) in [6.45, 7) is 1.46. The molecule has 8 heteroatoms. The van der Waals surface area contributed by atoms with E-state index in [1.54, 1.807) is 55.6 Å². The third-order valence-electron chi connectivity index (χ3n) is 4.16. The van der Waals surface area contributed by atoms with Gasteiger partial charge in [0.2, 0.25) is 0 Å². The molecule has 0 bridgehead atoms. The first-order chi connectivity index (χ1) is 13.4. The van der Waals surface area contributed by atoms with Crippen LogP contribution in [0.15, 0.2) is 53.3 Å². The van der Waals surface area contributed by atoms with Gasteiger partial charge in [-0.05, 0) is 37.3 Å². The van der Waals surface area contributed by atoms with E-state index in [0.29, 0.717) is 22.2 Å². The molecule has 0 fully saturated rings. The maximum absolute atomic E-state index is 12.6.